The molecule has 10 heteroatoms. The maximum atomic E-state index is 11.0. The molecule has 18 heavy (non-hydrogen) atoms. The van der Waals surface area contributed by atoms with Crippen LogP contribution in [0, 0.1) is 10.4 Å². The summed E-state index contributed by atoms with van der Waals surface area (Å²) < 4.78 is 0. The fraction of sp³-hybridized carbons (Fsp3) is 0. The maximum absolute atomic E-state index is 11.0. The van der Waals surface area contributed by atoms with E-state index in [1.165, 1.54) is 0 Å². The predicted molar refractivity (Wildman–Crippen MR) is 58.4 cm³/mol. The van der Waals surface area contributed by atoms with Gasteiger partial charge in [0.15, 0.2) is 11.4 Å². The zero-order valence-corrected chi connectivity index (χ0v) is 9.95. The van der Waals surface area contributed by atoms with Crippen molar-refractivity contribution in [2.75, 3.05) is 0 Å². The zero-order valence-electron chi connectivity index (χ0n) is 8.44. The van der Waals surface area contributed by atoms with Gasteiger partial charge in [0.2, 0.25) is 0 Å². The molecule has 2 atom stereocenters. The molecule has 0 fully saturated rings. The van der Waals surface area contributed by atoms with Crippen LogP contribution in [0.3, 0.4) is 0 Å². The zero-order chi connectivity index (χ0) is 14.0. The molecule has 0 aromatic heterocycles. The van der Waals surface area contributed by atoms with E-state index < -0.39 is 43.4 Å². The van der Waals surface area contributed by atoms with Crippen molar-refractivity contribution < 1.29 is 30.5 Å². The number of carbonyl (C=O) groups is 2. The molecule has 0 saturated carbocycles. The summed E-state index contributed by atoms with van der Waals surface area (Å²) >= 11 is 10.3. The van der Waals surface area contributed by atoms with E-state index >= 15 is 0 Å². The van der Waals surface area contributed by atoms with E-state index in [4.69, 9.17) is 33.6 Å². The SMILES string of the molecule is O=C(Cl)c1cc(C(=O)Cl)c([NH+]([O-])O)cc1[NH+]([O-])O. The summed E-state index contributed by atoms with van der Waals surface area (Å²) in [5.41, 5.74) is -2.24. The number of nitrogens with one attached hydrogen (secondary N) is 2. The van der Waals surface area contributed by atoms with Gasteiger partial charge in [-0.15, -0.1) is 0 Å². The van der Waals surface area contributed by atoms with Crippen LogP contribution in [0.4, 0.5) is 11.4 Å². The Kier molecular flexibility index (Phi) is 4.73. The van der Waals surface area contributed by atoms with Crippen LogP contribution < -0.4 is 10.5 Å². The van der Waals surface area contributed by atoms with Crippen LogP contribution in [0.2, 0.25) is 0 Å². The summed E-state index contributed by atoms with van der Waals surface area (Å²) in [7, 11) is 0. The lowest BCUT2D eigenvalue weighted by Gasteiger charge is -2.19. The molecule has 0 aliphatic heterocycles. The van der Waals surface area contributed by atoms with E-state index in [0.717, 1.165) is 6.07 Å². The van der Waals surface area contributed by atoms with Gasteiger partial charge in [-0.3, -0.25) is 9.59 Å². The van der Waals surface area contributed by atoms with Gasteiger partial charge in [0.05, 0.1) is 17.2 Å². The molecule has 1 rings (SSSR count). The lowest BCUT2D eigenvalue weighted by atomic mass is 10.1. The van der Waals surface area contributed by atoms with Crippen LogP contribution in [0.1, 0.15) is 20.7 Å². The van der Waals surface area contributed by atoms with E-state index in [0.29, 0.717) is 6.07 Å². The molecular formula is C8H6Cl2N2O6. The van der Waals surface area contributed by atoms with Crippen LogP contribution in [-0.4, -0.2) is 20.9 Å². The van der Waals surface area contributed by atoms with E-state index in [2.05, 4.69) is 0 Å². The molecule has 1 aromatic rings. The third-order valence-corrected chi connectivity index (χ3v) is 2.45. The Morgan fingerprint density at radius 2 is 1.28 bits per heavy atom. The molecule has 0 amide bonds. The van der Waals surface area contributed by atoms with Gasteiger partial charge in [-0.05, 0) is 29.3 Å². The van der Waals surface area contributed by atoms with E-state index in [-0.39, 0.29) is 0 Å². The molecular weight excluding hydrogens is 291 g/mol. The minimum Gasteiger partial charge on any atom is -0.595 e. The molecule has 2 unspecified atom stereocenters. The first-order valence-electron chi connectivity index (χ1n) is 4.30. The Balaban J connectivity index is 3.60. The highest BCUT2D eigenvalue weighted by molar-refractivity contribution is 6.69. The van der Waals surface area contributed by atoms with Crippen molar-refractivity contribution in [3.05, 3.63) is 33.7 Å². The Bertz CT molecular complexity index is 463. The number of benzene rings is 1. The summed E-state index contributed by atoms with van der Waals surface area (Å²) in [6.07, 6.45) is 0. The average Bonchev–Trinajstić information content (AvgIpc) is 2.26. The van der Waals surface area contributed by atoms with Crippen molar-refractivity contribution in [1.29, 1.82) is 0 Å². The lowest BCUT2D eigenvalue weighted by Crippen LogP contribution is -3.01. The molecule has 8 nitrogen and oxygen atoms in total. The monoisotopic (exact) mass is 296 g/mol. The molecule has 0 heterocycles. The normalized spacial score (nSPS) is 14.1. The first-order chi connectivity index (χ1) is 8.25. The minimum atomic E-state index is -1.55. The van der Waals surface area contributed by atoms with E-state index in [1.807, 2.05) is 0 Å². The number of carbonyl (C=O) groups excluding carboxylic acids is 2. The van der Waals surface area contributed by atoms with Crippen LogP contribution in [-0.2, 0) is 0 Å². The molecule has 0 aliphatic rings. The second-order valence-electron chi connectivity index (χ2n) is 3.10. The third kappa shape index (κ3) is 3.02. The fourth-order valence-corrected chi connectivity index (χ4v) is 1.59. The molecule has 1 aromatic carbocycles. The third-order valence-electron chi connectivity index (χ3n) is 2.04. The van der Waals surface area contributed by atoms with Gasteiger partial charge in [-0.2, -0.15) is 10.5 Å². The van der Waals surface area contributed by atoms with Gasteiger partial charge in [0, 0.05) is 0 Å². The summed E-state index contributed by atoms with van der Waals surface area (Å²) in [6, 6.07) is 1.41. The fourth-order valence-electron chi connectivity index (χ4n) is 1.28. The molecule has 0 saturated heterocycles. The van der Waals surface area contributed by atoms with Crippen LogP contribution >= 0.6 is 23.2 Å². The Morgan fingerprint density at radius 3 is 1.50 bits per heavy atom. The quantitative estimate of drug-likeness (QED) is 0.427. The smallest absolute Gasteiger partial charge is 0.258 e. The lowest BCUT2D eigenvalue weighted by molar-refractivity contribution is -0.996. The summed E-state index contributed by atoms with van der Waals surface area (Å²) in [5, 5.41) is 34.0. The molecule has 4 N–H and O–H groups in total. The number of hydrogen-bond acceptors (Lipinski definition) is 6. The predicted octanol–water partition coefficient (Wildman–Crippen LogP) is -0.749. The van der Waals surface area contributed by atoms with Gasteiger partial charge in [0.1, 0.15) is 0 Å². The Morgan fingerprint density at radius 1 is 0.944 bits per heavy atom. The Labute approximate surface area is 110 Å². The molecule has 0 radical (unpaired) electrons. The number of halogens is 2. The van der Waals surface area contributed by atoms with Crippen LogP contribution in [0.25, 0.3) is 0 Å². The first-order valence-corrected chi connectivity index (χ1v) is 5.05. The highest BCUT2D eigenvalue weighted by Gasteiger charge is 2.24. The van der Waals surface area contributed by atoms with Crippen LogP contribution in [0.5, 0.6) is 0 Å². The van der Waals surface area contributed by atoms with E-state index in [9.17, 15) is 20.0 Å². The number of quaternary nitrogens is 2. The van der Waals surface area contributed by atoms with Gasteiger partial charge in [-0.1, -0.05) is 0 Å². The highest BCUT2D eigenvalue weighted by atomic mass is 35.5. The van der Waals surface area contributed by atoms with Crippen molar-refractivity contribution in [1.82, 2.24) is 0 Å². The Hall–Kier alpha value is -1.10. The maximum Gasteiger partial charge on any atom is 0.258 e. The molecule has 0 bridgehead atoms. The van der Waals surface area contributed by atoms with Crippen molar-refractivity contribution in [2.24, 2.45) is 0 Å². The second kappa shape index (κ2) is 5.69. The first kappa shape index (κ1) is 15.0. The number of rotatable bonds is 4. The summed E-state index contributed by atoms with van der Waals surface area (Å²) in [5.74, 6) is 0. The summed E-state index contributed by atoms with van der Waals surface area (Å²) in [4.78, 5) is 22.1. The largest absolute Gasteiger partial charge is 0.595 e. The minimum absolute atomic E-state index is 0.502. The van der Waals surface area contributed by atoms with Gasteiger partial charge in [0.25, 0.3) is 10.5 Å². The molecule has 98 valence electrons. The van der Waals surface area contributed by atoms with Gasteiger partial charge >= 0.3 is 0 Å². The topological polar surface area (TPSA) is 130 Å². The van der Waals surface area contributed by atoms with Crippen molar-refractivity contribution >= 4 is 45.1 Å². The standard InChI is InChI=1S/C8H6Cl2N2O6/c9-7(13)3-1-4(8(10)14)6(12(17)18)2-5(3)11(15)16/h1-2,11-12,15,17H. The van der Waals surface area contributed by atoms with Crippen molar-refractivity contribution in [3.63, 3.8) is 0 Å². The number of hydrogen-bond donors (Lipinski definition) is 4. The average molecular weight is 297 g/mol. The van der Waals surface area contributed by atoms with Crippen molar-refractivity contribution in [3.8, 4) is 0 Å². The molecule has 0 aliphatic carbocycles. The summed E-state index contributed by atoms with van der Waals surface area (Å²) in [6.45, 7) is 0. The van der Waals surface area contributed by atoms with Crippen LogP contribution in [0.15, 0.2) is 12.1 Å². The van der Waals surface area contributed by atoms with E-state index in [1.54, 1.807) is 0 Å². The highest BCUT2D eigenvalue weighted by Crippen LogP contribution is 2.23. The van der Waals surface area contributed by atoms with Crippen molar-refractivity contribution in [2.45, 2.75) is 0 Å². The van der Waals surface area contributed by atoms with Gasteiger partial charge < -0.3 is 10.4 Å². The molecule has 0 spiro atoms. The van der Waals surface area contributed by atoms with Gasteiger partial charge in [-0.25, -0.2) is 10.4 Å². The second-order valence-corrected chi connectivity index (χ2v) is 3.79.